The van der Waals surface area contributed by atoms with Crippen LogP contribution in [0.5, 0.6) is 0 Å². The van der Waals surface area contributed by atoms with E-state index in [9.17, 15) is 9.59 Å². The number of hydrogen-bond acceptors (Lipinski definition) is 2. The Kier molecular flexibility index (Phi) is 5.15. The van der Waals surface area contributed by atoms with Crippen molar-refractivity contribution in [2.24, 2.45) is 0 Å². The van der Waals surface area contributed by atoms with Gasteiger partial charge in [0.1, 0.15) is 0 Å². The molecule has 0 bridgehead atoms. The molecule has 0 saturated heterocycles. The molecule has 0 aromatic heterocycles. The van der Waals surface area contributed by atoms with Crippen LogP contribution in [0.15, 0.2) is 22.7 Å². The van der Waals surface area contributed by atoms with Crippen molar-refractivity contribution in [3.63, 3.8) is 0 Å². The second-order valence-electron chi connectivity index (χ2n) is 4.08. The Bertz CT molecular complexity index is 463. The molecular formula is C12H15BrN2O3. The fraction of sp³-hybridized carbons (Fsp3) is 0.333. The van der Waals surface area contributed by atoms with Crippen molar-refractivity contribution < 1.29 is 14.7 Å². The van der Waals surface area contributed by atoms with E-state index in [0.29, 0.717) is 5.69 Å². The quantitative estimate of drug-likeness (QED) is 0.799. The zero-order valence-corrected chi connectivity index (χ0v) is 11.7. The fourth-order valence-electron chi connectivity index (χ4n) is 1.42. The summed E-state index contributed by atoms with van der Waals surface area (Å²) in [5.74, 6) is -0.945. The molecule has 1 atom stereocenters. The number of urea groups is 1. The van der Waals surface area contributed by atoms with Gasteiger partial charge in [0.25, 0.3) is 0 Å². The monoisotopic (exact) mass is 314 g/mol. The first-order valence-corrected chi connectivity index (χ1v) is 6.23. The molecule has 0 saturated carbocycles. The lowest BCUT2D eigenvalue weighted by Crippen LogP contribution is -2.37. The van der Waals surface area contributed by atoms with Gasteiger partial charge in [-0.15, -0.1) is 0 Å². The fourth-order valence-corrected chi connectivity index (χ4v) is 2.01. The number of carbonyl (C=O) groups excluding carboxylic acids is 1. The topological polar surface area (TPSA) is 78.4 Å². The summed E-state index contributed by atoms with van der Waals surface area (Å²) in [6.45, 7) is 3.58. The molecule has 1 unspecified atom stereocenters. The maximum Gasteiger partial charge on any atom is 0.319 e. The minimum absolute atomic E-state index is 0.109. The van der Waals surface area contributed by atoms with Crippen molar-refractivity contribution >= 4 is 33.6 Å². The molecule has 0 aliphatic carbocycles. The van der Waals surface area contributed by atoms with Gasteiger partial charge in [-0.1, -0.05) is 6.07 Å². The number of aryl methyl sites for hydroxylation is 1. The van der Waals surface area contributed by atoms with E-state index in [1.807, 2.05) is 19.1 Å². The maximum atomic E-state index is 11.6. The number of amides is 2. The van der Waals surface area contributed by atoms with Crippen LogP contribution in [0.4, 0.5) is 10.5 Å². The molecule has 5 nitrogen and oxygen atoms in total. The van der Waals surface area contributed by atoms with Crippen molar-refractivity contribution in [2.45, 2.75) is 26.3 Å². The van der Waals surface area contributed by atoms with Crippen molar-refractivity contribution in [3.8, 4) is 0 Å². The summed E-state index contributed by atoms with van der Waals surface area (Å²) < 4.78 is 0.781. The highest BCUT2D eigenvalue weighted by molar-refractivity contribution is 9.10. The number of anilines is 1. The van der Waals surface area contributed by atoms with Crippen LogP contribution in [0, 0.1) is 6.92 Å². The van der Waals surface area contributed by atoms with Gasteiger partial charge in [0.15, 0.2) is 0 Å². The minimum atomic E-state index is -0.945. The molecule has 0 spiro atoms. The van der Waals surface area contributed by atoms with E-state index in [1.165, 1.54) is 0 Å². The number of carbonyl (C=O) groups is 2. The van der Waals surface area contributed by atoms with Crippen LogP contribution in [0.25, 0.3) is 0 Å². The molecule has 0 aliphatic rings. The maximum absolute atomic E-state index is 11.6. The number of halogens is 1. The summed E-state index contributed by atoms with van der Waals surface area (Å²) in [4.78, 5) is 22.1. The van der Waals surface area contributed by atoms with E-state index in [2.05, 4.69) is 26.6 Å². The Labute approximate surface area is 114 Å². The predicted molar refractivity (Wildman–Crippen MR) is 72.7 cm³/mol. The van der Waals surface area contributed by atoms with Crippen LogP contribution < -0.4 is 10.6 Å². The zero-order valence-electron chi connectivity index (χ0n) is 10.2. The van der Waals surface area contributed by atoms with Crippen LogP contribution in [0.1, 0.15) is 18.9 Å². The second kappa shape index (κ2) is 6.39. The molecule has 0 aliphatic heterocycles. The van der Waals surface area contributed by atoms with Gasteiger partial charge >= 0.3 is 12.0 Å². The van der Waals surface area contributed by atoms with Crippen LogP contribution in [-0.4, -0.2) is 23.1 Å². The van der Waals surface area contributed by atoms with Gasteiger partial charge in [0.2, 0.25) is 0 Å². The van der Waals surface area contributed by atoms with E-state index < -0.39 is 18.0 Å². The lowest BCUT2D eigenvalue weighted by molar-refractivity contribution is -0.137. The molecule has 6 heteroatoms. The summed E-state index contributed by atoms with van der Waals surface area (Å²) in [7, 11) is 0. The van der Waals surface area contributed by atoms with E-state index >= 15 is 0 Å². The van der Waals surface area contributed by atoms with Crippen molar-refractivity contribution in [3.05, 3.63) is 28.2 Å². The molecule has 1 aromatic carbocycles. The Morgan fingerprint density at radius 1 is 1.44 bits per heavy atom. The van der Waals surface area contributed by atoms with Crippen LogP contribution in [0.2, 0.25) is 0 Å². The molecule has 1 rings (SSSR count). The largest absolute Gasteiger partial charge is 0.481 e. The lowest BCUT2D eigenvalue weighted by Gasteiger charge is -2.13. The highest BCUT2D eigenvalue weighted by Crippen LogP contribution is 2.23. The Hall–Kier alpha value is -1.56. The smallest absolute Gasteiger partial charge is 0.319 e. The molecule has 0 heterocycles. The number of carboxylic acids is 1. The zero-order chi connectivity index (χ0) is 13.7. The highest BCUT2D eigenvalue weighted by Gasteiger charge is 2.11. The standard InChI is InChI=1S/C12H15BrN2O3/c1-7-3-4-10(9(13)5-7)15-12(18)14-8(2)6-11(16)17/h3-5,8H,6H2,1-2H3,(H,16,17)(H2,14,15,18). The van der Waals surface area contributed by atoms with Crippen molar-refractivity contribution in [1.29, 1.82) is 0 Å². The van der Waals surface area contributed by atoms with Gasteiger partial charge in [-0.25, -0.2) is 4.79 Å². The Morgan fingerprint density at radius 2 is 2.11 bits per heavy atom. The Morgan fingerprint density at radius 3 is 2.67 bits per heavy atom. The first-order valence-electron chi connectivity index (χ1n) is 5.44. The van der Waals surface area contributed by atoms with E-state index in [1.54, 1.807) is 13.0 Å². The van der Waals surface area contributed by atoms with Crippen LogP contribution in [0.3, 0.4) is 0 Å². The van der Waals surface area contributed by atoms with E-state index in [0.717, 1.165) is 10.0 Å². The van der Waals surface area contributed by atoms with Crippen LogP contribution >= 0.6 is 15.9 Å². The SMILES string of the molecule is Cc1ccc(NC(=O)NC(C)CC(=O)O)c(Br)c1. The molecule has 0 radical (unpaired) electrons. The molecular weight excluding hydrogens is 300 g/mol. The molecule has 3 N–H and O–H groups in total. The molecule has 2 amide bonds. The summed E-state index contributed by atoms with van der Waals surface area (Å²) in [6.07, 6.45) is -0.109. The third-order valence-electron chi connectivity index (χ3n) is 2.23. The second-order valence-corrected chi connectivity index (χ2v) is 4.94. The van der Waals surface area contributed by atoms with Crippen molar-refractivity contribution in [2.75, 3.05) is 5.32 Å². The van der Waals surface area contributed by atoms with E-state index in [-0.39, 0.29) is 6.42 Å². The number of carboxylic acid groups (broad SMARTS) is 1. The number of aliphatic carboxylic acids is 1. The minimum Gasteiger partial charge on any atom is -0.481 e. The molecule has 98 valence electrons. The molecule has 18 heavy (non-hydrogen) atoms. The first-order chi connectivity index (χ1) is 8.38. The third-order valence-corrected chi connectivity index (χ3v) is 2.89. The van der Waals surface area contributed by atoms with Gasteiger partial charge in [0, 0.05) is 10.5 Å². The average molecular weight is 315 g/mol. The average Bonchev–Trinajstić information content (AvgIpc) is 2.20. The van der Waals surface area contributed by atoms with E-state index in [4.69, 9.17) is 5.11 Å². The number of benzene rings is 1. The molecule has 1 aromatic rings. The Balaban J connectivity index is 2.56. The normalized spacial score (nSPS) is 11.7. The third kappa shape index (κ3) is 4.75. The van der Waals surface area contributed by atoms with Crippen LogP contribution in [-0.2, 0) is 4.79 Å². The van der Waals surface area contributed by atoms with Crippen molar-refractivity contribution in [1.82, 2.24) is 5.32 Å². The molecule has 0 fully saturated rings. The van der Waals surface area contributed by atoms with Gasteiger partial charge < -0.3 is 15.7 Å². The van der Waals surface area contributed by atoms with Gasteiger partial charge in [0.05, 0.1) is 12.1 Å². The number of rotatable bonds is 4. The summed E-state index contributed by atoms with van der Waals surface area (Å²) in [6, 6.07) is 4.69. The lowest BCUT2D eigenvalue weighted by atomic mass is 10.2. The summed E-state index contributed by atoms with van der Waals surface area (Å²) in [5, 5.41) is 13.8. The van der Waals surface area contributed by atoms with Gasteiger partial charge in [-0.3, -0.25) is 4.79 Å². The summed E-state index contributed by atoms with van der Waals surface area (Å²) in [5.41, 5.74) is 1.72. The predicted octanol–water partition coefficient (Wildman–Crippen LogP) is 2.74. The number of hydrogen-bond donors (Lipinski definition) is 3. The van der Waals surface area contributed by atoms with Gasteiger partial charge in [-0.05, 0) is 47.5 Å². The first kappa shape index (κ1) is 14.5. The summed E-state index contributed by atoms with van der Waals surface area (Å²) >= 11 is 3.35. The highest BCUT2D eigenvalue weighted by atomic mass is 79.9. The number of nitrogens with one attached hydrogen (secondary N) is 2. The van der Waals surface area contributed by atoms with Gasteiger partial charge in [-0.2, -0.15) is 0 Å².